The van der Waals surface area contributed by atoms with Gasteiger partial charge in [-0.15, -0.1) is 0 Å². The van der Waals surface area contributed by atoms with Crippen LogP contribution in [0.2, 0.25) is 0 Å². The van der Waals surface area contributed by atoms with Crippen LogP contribution in [0.3, 0.4) is 0 Å². The molecule has 2 aliphatic rings. The number of carbonyl (C=O) groups is 3. The maximum atomic E-state index is 13.8. The van der Waals surface area contributed by atoms with E-state index in [-0.39, 0.29) is 11.6 Å². The number of carbonyl (C=O) groups excluding carboxylic acids is 3. The molecule has 0 atom stereocenters. The Labute approximate surface area is 146 Å². The molecule has 25 heavy (non-hydrogen) atoms. The van der Waals surface area contributed by atoms with Gasteiger partial charge in [0.25, 0.3) is 5.91 Å². The van der Waals surface area contributed by atoms with E-state index in [0.717, 1.165) is 29.7 Å². The van der Waals surface area contributed by atoms with Crippen LogP contribution in [0, 0.1) is 12.7 Å². The van der Waals surface area contributed by atoms with Crippen molar-refractivity contribution in [1.29, 1.82) is 0 Å². The van der Waals surface area contributed by atoms with Gasteiger partial charge in [-0.3, -0.25) is 14.5 Å². The molecular formula is C18H22FN3O3. The molecule has 4 amide bonds. The molecule has 0 radical (unpaired) electrons. The van der Waals surface area contributed by atoms with Gasteiger partial charge in [0.1, 0.15) is 17.9 Å². The number of hydrogen-bond donors (Lipinski definition) is 1. The molecule has 1 aromatic carbocycles. The van der Waals surface area contributed by atoms with Crippen LogP contribution >= 0.6 is 0 Å². The van der Waals surface area contributed by atoms with Crippen molar-refractivity contribution in [2.24, 2.45) is 0 Å². The number of nitrogens with one attached hydrogen (secondary N) is 1. The number of anilines is 1. The molecule has 0 aromatic heterocycles. The number of nitrogens with zero attached hydrogens (tertiary/aromatic N) is 2. The Morgan fingerprint density at radius 3 is 2.60 bits per heavy atom. The van der Waals surface area contributed by atoms with Crippen molar-refractivity contribution in [2.75, 3.05) is 18.9 Å². The molecule has 0 unspecified atom stereocenters. The topological polar surface area (TPSA) is 69.7 Å². The summed E-state index contributed by atoms with van der Waals surface area (Å²) in [5.74, 6) is -1.47. The number of aryl methyl sites for hydroxylation is 1. The lowest BCUT2D eigenvalue weighted by molar-refractivity contribution is -0.136. The fourth-order valence-electron chi connectivity index (χ4n) is 3.74. The van der Waals surface area contributed by atoms with E-state index in [0.29, 0.717) is 12.8 Å². The highest BCUT2D eigenvalue weighted by molar-refractivity contribution is 6.10. The predicted octanol–water partition coefficient (Wildman–Crippen LogP) is 2.67. The molecule has 1 spiro atoms. The second-order valence-electron chi connectivity index (χ2n) is 6.86. The van der Waals surface area contributed by atoms with Gasteiger partial charge < -0.3 is 10.2 Å². The molecule has 2 fully saturated rings. The van der Waals surface area contributed by atoms with E-state index in [1.807, 2.05) is 0 Å². The zero-order valence-electron chi connectivity index (χ0n) is 14.5. The summed E-state index contributed by atoms with van der Waals surface area (Å²) in [7, 11) is 1.61. The van der Waals surface area contributed by atoms with Crippen LogP contribution in [0.15, 0.2) is 18.2 Å². The van der Waals surface area contributed by atoms with E-state index >= 15 is 0 Å². The van der Waals surface area contributed by atoms with Gasteiger partial charge in [0.2, 0.25) is 5.91 Å². The largest absolute Gasteiger partial charge is 0.327 e. The Kier molecular flexibility index (Phi) is 4.49. The van der Waals surface area contributed by atoms with Gasteiger partial charge in [-0.25, -0.2) is 9.18 Å². The second kappa shape index (κ2) is 6.46. The Bertz CT molecular complexity index is 728. The summed E-state index contributed by atoms with van der Waals surface area (Å²) in [6.45, 7) is 1.38. The van der Waals surface area contributed by atoms with Crippen molar-refractivity contribution in [3.05, 3.63) is 29.6 Å². The first-order chi connectivity index (χ1) is 11.8. The maximum absolute atomic E-state index is 13.8. The first-order valence-electron chi connectivity index (χ1n) is 8.51. The molecule has 6 nitrogen and oxygen atoms in total. The normalized spacial score (nSPS) is 19.6. The third-order valence-corrected chi connectivity index (χ3v) is 5.18. The second-order valence-corrected chi connectivity index (χ2v) is 6.86. The molecule has 7 heteroatoms. The van der Waals surface area contributed by atoms with Crippen molar-refractivity contribution in [3.63, 3.8) is 0 Å². The number of imide groups is 1. The lowest BCUT2D eigenvalue weighted by Crippen LogP contribution is -2.49. The molecule has 3 rings (SSSR count). The van der Waals surface area contributed by atoms with Gasteiger partial charge >= 0.3 is 6.03 Å². The molecule has 1 aromatic rings. The van der Waals surface area contributed by atoms with Crippen LogP contribution < -0.4 is 5.32 Å². The molecule has 1 saturated carbocycles. The summed E-state index contributed by atoms with van der Waals surface area (Å²) in [6.07, 6.45) is 4.07. The zero-order valence-corrected chi connectivity index (χ0v) is 14.5. The molecule has 1 heterocycles. The molecule has 1 N–H and O–H groups in total. The Balaban J connectivity index is 1.74. The summed E-state index contributed by atoms with van der Waals surface area (Å²) in [5, 5.41) is 2.45. The van der Waals surface area contributed by atoms with Crippen molar-refractivity contribution >= 4 is 23.5 Å². The molecule has 0 bridgehead atoms. The van der Waals surface area contributed by atoms with Crippen LogP contribution in [0.4, 0.5) is 14.9 Å². The number of likely N-dealkylation sites (N-methyl/N-ethyl adjacent to an activating group) is 1. The first-order valence-corrected chi connectivity index (χ1v) is 8.51. The highest BCUT2D eigenvalue weighted by Crippen LogP contribution is 2.39. The molecular weight excluding hydrogens is 325 g/mol. The number of hydrogen-bond acceptors (Lipinski definition) is 3. The standard InChI is InChI=1S/C18H22FN3O3/c1-12-6-7-13(19)14(10-12)20-15(23)11-22-16(24)18(21(2)17(22)25)8-4-3-5-9-18/h6-7,10H,3-5,8-9,11H2,1-2H3,(H,20,23). The fraction of sp³-hybridized carbons (Fsp3) is 0.500. The summed E-state index contributed by atoms with van der Waals surface area (Å²) < 4.78 is 13.8. The smallest absolute Gasteiger partial charge is 0.322 e. The summed E-state index contributed by atoms with van der Waals surface area (Å²) in [6, 6.07) is 3.91. The van der Waals surface area contributed by atoms with E-state index < -0.39 is 29.8 Å². The molecule has 1 saturated heterocycles. The summed E-state index contributed by atoms with van der Waals surface area (Å²) in [4.78, 5) is 40.0. The molecule has 134 valence electrons. The van der Waals surface area contributed by atoms with Crippen LogP contribution in [0.1, 0.15) is 37.7 Å². The predicted molar refractivity (Wildman–Crippen MR) is 90.5 cm³/mol. The van der Waals surface area contributed by atoms with Crippen molar-refractivity contribution in [1.82, 2.24) is 9.80 Å². The van der Waals surface area contributed by atoms with Gasteiger partial charge in [0.15, 0.2) is 0 Å². The minimum Gasteiger partial charge on any atom is -0.322 e. The number of rotatable bonds is 3. The molecule has 1 aliphatic carbocycles. The average Bonchev–Trinajstić information content (AvgIpc) is 2.75. The third kappa shape index (κ3) is 2.99. The van der Waals surface area contributed by atoms with Gasteiger partial charge in [-0.2, -0.15) is 0 Å². The Morgan fingerprint density at radius 1 is 1.24 bits per heavy atom. The quantitative estimate of drug-likeness (QED) is 0.855. The monoisotopic (exact) mass is 347 g/mol. The van der Waals surface area contributed by atoms with Crippen LogP contribution in [-0.4, -0.2) is 46.8 Å². The van der Waals surface area contributed by atoms with Gasteiger partial charge in [-0.05, 0) is 37.5 Å². The summed E-state index contributed by atoms with van der Waals surface area (Å²) in [5.41, 5.74) is 0.0280. The Morgan fingerprint density at radius 2 is 1.92 bits per heavy atom. The van der Waals surface area contributed by atoms with Crippen LogP contribution in [-0.2, 0) is 9.59 Å². The Hall–Kier alpha value is -2.44. The van der Waals surface area contributed by atoms with Gasteiger partial charge in [0, 0.05) is 7.05 Å². The minimum absolute atomic E-state index is 0.0461. The summed E-state index contributed by atoms with van der Waals surface area (Å²) >= 11 is 0. The number of urea groups is 1. The lowest BCUT2D eigenvalue weighted by atomic mass is 9.81. The van der Waals surface area contributed by atoms with E-state index in [2.05, 4.69) is 5.32 Å². The van der Waals surface area contributed by atoms with Crippen molar-refractivity contribution in [2.45, 2.75) is 44.6 Å². The zero-order chi connectivity index (χ0) is 18.2. The van der Waals surface area contributed by atoms with E-state index in [9.17, 15) is 18.8 Å². The highest BCUT2D eigenvalue weighted by atomic mass is 19.1. The fourth-order valence-corrected chi connectivity index (χ4v) is 3.74. The third-order valence-electron chi connectivity index (χ3n) is 5.18. The van der Waals surface area contributed by atoms with E-state index in [1.54, 1.807) is 20.0 Å². The number of halogens is 1. The SMILES string of the molecule is Cc1ccc(F)c(NC(=O)CN2C(=O)N(C)C3(CCCCC3)C2=O)c1. The van der Waals surface area contributed by atoms with Crippen molar-refractivity contribution < 1.29 is 18.8 Å². The van der Waals surface area contributed by atoms with Crippen LogP contribution in [0.5, 0.6) is 0 Å². The van der Waals surface area contributed by atoms with Crippen LogP contribution in [0.25, 0.3) is 0 Å². The minimum atomic E-state index is -0.815. The lowest BCUT2D eigenvalue weighted by Gasteiger charge is -2.35. The first kappa shape index (κ1) is 17.4. The van der Waals surface area contributed by atoms with Gasteiger partial charge in [-0.1, -0.05) is 25.3 Å². The average molecular weight is 347 g/mol. The maximum Gasteiger partial charge on any atom is 0.327 e. The van der Waals surface area contributed by atoms with E-state index in [1.165, 1.54) is 17.0 Å². The van der Waals surface area contributed by atoms with Gasteiger partial charge in [0.05, 0.1) is 5.69 Å². The molecule has 1 aliphatic heterocycles. The van der Waals surface area contributed by atoms with E-state index in [4.69, 9.17) is 0 Å². The number of benzene rings is 1. The highest BCUT2D eigenvalue weighted by Gasteiger charge is 2.55. The number of amides is 4. The van der Waals surface area contributed by atoms with Crippen molar-refractivity contribution in [3.8, 4) is 0 Å².